The van der Waals surface area contributed by atoms with Crippen LogP contribution >= 0.6 is 0 Å². The molecule has 3 N–H and O–H groups in total. The summed E-state index contributed by atoms with van der Waals surface area (Å²) >= 11 is 0. The third-order valence-corrected chi connectivity index (χ3v) is 5.02. The van der Waals surface area contributed by atoms with Crippen LogP contribution in [0.25, 0.3) is 0 Å². The van der Waals surface area contributed by atoms with Crippen LogP contribution in [0.5, 0.6) is 0 Å². The molecule has 1 atom stereocenters. The molecule has 1 heterocycles. The van der Waals surface area contributed by atoms with Crippen molar-refractivity contribution in [3.05, 3.63) is 18.0 Å². The van der Waals surface area contributed by atoms with Gasteiger partial charge in [0.15, 0.2) is 0 Å². The number of nitrogens with zero attached hydrogens (tertiary/aromatic N) is 1. The first-order valence-corrected chi connectivity index (χ1v) is 8.47. The molecule has 0 saturated heterocycles. The van der Waals surface area contributed by atoms with Gasteiger partial charge in [0.05, 0.1) is 5.69 Å². The van der Waals surface area contributed by atoms with Gasteiger partial charge in [-0.1, -0.05) is 26.2 Å². The van der Waals surface area contributed by atoms with E-state index in [2.05, 4.69) is 16.8 Å². The van der Waals surface area contributed by atoms with Gasteiger partial charge in [0.2, 0.25) is 0 Å². The lowest BCUT2D eigenvalue weighted by atomic mass is 9.83. The molecule has 21 heavy (non-hydrogen) atoms. The highest BCUT2D eigenvalue weighted by Gasteiger charge is 2.29. The van der Waals surface area contributed by atoms with E-state index in [9.17, 15) is 4.79 Å². The molecule has 4 heteroatoms. The van der Waals surface area contributed by atoms with E-state index < -0.39 is 0 Å². The number of hydrogen-bond donors (Lipinski definition) is 2. The molecule has 0 aromatic carbocycles. The molecule has 0 radical (unpaired) electrons. The van der Waals surface area contributed by atoms with Gasteiger partial charge >= 0.3 is 0 Å². The van der Waals surface area contributed by atoms with E-state index in [4.69, 9.17) is 5.73 Å². The first-order valence-electron chi connectivity index (χ1n) is 8.47. The van der Waals surface area contributed by atoms with Gasteiger partial charge in [-0.3, -0.25) is 4.79 Å². The predicted octanol–water partition coefficient (Wildman–Crippen LogP) is 3.49. The number of amides is 1. The van der Waals surface area contributed by atoms with Crippen molar-refractivity contribution in [3.8, 4) is 0 Å². The Morgan fingerprint density at radius 2 is 2.05 bits per heavy atom. The summed E-state index contributed by atoms with van der Waals surface area (Å²) in [6.07, 6.45) is 11.7. The van der Waals surface area contributed by atoms with Crippen LogP contribution in [-0.4, -0.2) is 16.5 Å². The first-order chi connectivity index (χ1) is 10.2. The standard InChI is InChI=1S/C17H27N3O/c1-2-15(12-6-4-3-5-7-12)19-17(21)16-10-13(18)11-20(16)14-8-9-14/h10-12,14-15H,2-9,18H2,1H3,(H,19,21). The summed E-state index contributed by atoms with van der Waals surface area (Å²) in [6, 6.07) is 2.61. The van der Waals surface area contributed by atoms with E-state index in [1.165, 1.54) is 32.1 Å². The highest BCUT2D eigenvalue weighted by atomic mass is 16.2. The zero-order valence-electron chi connectivity index (χ0n) is 13.0. The van der Waals surface area contributed by atoms with E-state index in [0.29, 0.717) is 23.7 Å². The third-order valence-electron chi connectivity index (χ3n) is 5.02. The van der Waals surface area contributed by atoms with Crippen LogP contribution in [0.15, 0.2) is 12.3 Å². The quantitative estimate of drug-likeness (QED) is 0.871. The summed E-state index contributed by atoms with van der Waals surface area (Å²) in [7, 11) is 0. The molecule has 2 aliphatic carbocycles. The molecule has 1 aromatic heterocycles. The second kappa shape index (κ2) is 6.12. The zero-order chi connectivity index (χ0) is 14.8. The van der Waals surface area contributed by atoms with Gasteiger partial charge in [-0.15, -0.1) is 0 Å². The normalized spacial score (nSPS) is 21.2. The summed E-state index contributed by atoms with van der Waals surface area (Å²) in [6.45, 7) is 2.17. The number of carbonyl (C=O) groups excluding carboxylic acids is 1. The summed E-state index contributed by atoms with van der Waals surface area (Å²) in [5.41, 5.74) is 7.32. The largest absolute Gasteiger partial charge is 0.397 e. The van der Waals surface area contributed by atoms with Crippen LogP contribution in [-0.2, 0) is 0 Å². The van der Waals surface area contributed by atoms with Gasteiger partial charge in [0.25, 0.3) is 5.91 Å². The number of nitrogen functional groups attached to an aromatic ring is 1. The van der Waals surface area contributed by atoms with Crippen molar-refractivity contribution in [2.45, 2.75) is 70.4 Å². The lowest BCUT2D eigenvalue weighted by Gasteiger charge is -2.30. The molecule has 0 spiro atoms. The second-order valence-corrected chi connectivity index (χ2v) is 6.68. The van der Waals surface area contributed by atoms with Crippen molar-refractivity contribution in [2.75, 3.05) is 5.73 Å². The van der Waals surface area contributed by atoms with E-state index in [0.717, 1.165) is 25.0 Å². The van der Waals surface area contributed by atoms with Crippen molar-refractivity contribution < 1.29 is 4.79 Å². The molecule has 2 saturated carbocycles. The smallest absolute Gasteiger partial charge is 0.268 e. The van der Waals surface area contributed by atoms with Crippen molar-refractivity contribution in [3.63, 3.8) is 0 Å². The van der Waals surface area contributed by atoms with Gasteiger partial charge in [-0.05, 0) is 44.1 Å². The van der Waals surface area contributed by atoms with Gasteiger partial charge in [-0.25, -0.2) is 0 Å². The number of hydrogen-bond acceptors (Lipinski definition) is 2. The fraction of sp³-hybridized carbons (Fsp3) is 0.706. The number of rotatable bonds is 5. The number of aromatic nitrogens is 1. The van der Waals surface area contributed by atoms with Gasteiger partial charge in [0.1, 0.15) is 5.69 Å². The zero-order valence-corrected chi connectivity index (χ0v) is 13.0. The van der Waals surface area contributed by atoms with Gasteiger partial charge in [0, 0.05) is 18.3 Å². The molecule has 0 bridgehead atoms. The summed E-state index contributed by atoms with van der Waals surface area (Å²) in [5, 5.41) is 3.27. The molecule has 2 fully saturated rings. The minimum Gasteiger partial charge on any atom is -0.397 e. The number of anilines is 1. The Morgan fingerprint density at radius 1 is 1.33 bits per heavy atom. The van der Waals surface area contributed by atoms with Crippen LogP contribution in [0.3, 0.4) is 0 Å². The molecule has 3 rings (SSSR count). The SMILES string of the molecule is CCC(NC(=O)c1cc(N)cn1C1CC1)C1CCCCC1. The van der Waals surface area contributed by atoms with E-state index in [1.807, 2.05) is 12.3 Å². The minimum absolute atomic E-state index is 0.0519. The van der Waals surface area contributed by atoms with Gasteiger partial charge < -0.3 is 15.6 Å². The maximum Gasteiger partial charge on any atom is 0.268 e. The molecule has 0 aliphatic heterocycles. The summed E-state index contributed by atoms with van der Waals surface area (Å²) < 4.78 is 2.07. The average Bonchev–Trinajstić information content (AvgIpc) is 3.28. The van der Waals surface area contributed by atoms with E-state index in [1.54, 1.807) is 0 Å². The fourth-order valence-corrected chi connectivity index (χ4v) is 3.67. The Morgan fingerprint density at radius 3 is 2.67 bits per heavy atom. The monoisotopic (exact) mass is 289 g/mol. The number of carbonyl (C=O) groups is 1. The highest BCUT2D eigenvalue weighted by Crippen LogP contribution is 2.37. The van der Waals surface area contributed by atoms with Crippen molar-refractivity contribution in [1.82, 2.24) is 9.88 Å². The maximum absolute atomic E-state index is 12.6. The second-order valence-electron chi connectivity index (χ2n) is 6.68. The predicted molar refractivity (Wildman–Crippen MR) is 85.2 cm³/mol. The highest BCUT2D eigenvalue weighted by molar-refractivity contribution is 5.94. The van der Waals surface area contributed by atoms with Crippen molar-refractivity contribution in [1.29, 1.82) is 0 Å². The molecule has 116 valence electrons. The average molecular weight is 289 g/mol. The first kappa shape index (κ1) is 14.5. The fourth-order valence-electron chi connectivity index (χ4n) is 3.67. The van der Waals surface area contributed by atoms with E-state index >= 15 is 0 Å². The van der Waals surface area contributed by atoms with Crippen LogP contribution in [0.1, 0.15) is 74.8 Å². The van der Waals surface area contributed by atoms with Crippen LogP contribution in [0.2, 0.25) is 0 Å². The number of nitrogens with one attached hydrogen (secondary N) is 1. The van der Waals surface area contributed by atoms with Crippen LogP contribution in [0.4, 0.5) is 5.69 Å². The lowest BCUT2D eigenvalue weighted by Crippen LogP contribution is -2.41. The summed E-state index contributed by atoms with van der Waals surface area (Å²) in [5.74, 6) is 0.699. The Balaban J connectivity index is 1.69. The maximum atomic E-state index is 12.6. The van der Waals surface area contributed by atoms with Gasteiger partial charge in [-0.2, -0.15) is 0 Å². The van der Waals surface area contributed by atoms with Crippen molar-refractivity contribution in [2.24, 2.45) is 5.92 Å². The third kappa shape index (κ3) is 3.25. The molecule has 1 unspecified atom stereocenters. The Bertz CT molecular complexity index is 498. The lowest BCUT2D eigenvalue weighted by molar-refractivity contribution is 0.0901. The molecule has 1 amide bonds. The molecule has 1 aromatic rings. The van der Waals surface area contributed by atoms with Crippen LogP contribution < -0.4 is 11.1 Å². The molecule has 2 aliphatic rings. The van der Waals surface area contributed by atoms with Crippen molar-refractivity contribution >= 4 is 11.6 Å². The number of nitrogens with two attached hydrogens (primary N) is 1. The molecular formula is C17H27N3O. The Hall–Kier alpha value is -1.45. The topological polar surface area (TPSA) is 60.1 Å². The Labute approximate surface area is 127 Å². The van der Waals surface area contributed by atoms with E-state index in [-0.39, 0.29) is 5.91 Å². The molecular weight excluding hydrogens is 262 g/mol. The van der Waals surface area contributed by atoms with Crippen LogP contribution in [0, 0.1) is 5.92 Å². The summed E-state index contributed by atoms with van der Waals surface area (Å²) in [4.78, 5) is 12.6. The molecule has 4 nitrogen and oxygen atoms in total. The Kier molecular flexibility index (Phi) is 4.22. The minimum atomic E-state index is 0.0519.